The van der Waals surface area contributed by atoms with E-state index in [1.165, 1.54) is 70.1 Å². The van der Waals surface area contributed by atoms with Crippen LogP contribution in [0.25, 0.3) is 86.3 Å². The molecule has 0 radical (unpaired) electrons. The molecule has 14 rings (SSSR count). The molecule has 0 atom stereocenters. The van der Waals surface area contributed by atoms with Crippen molar-refractivity contribution in [1.29, 1.82) is 0 Å². The molecule has 13 aromatic rings. The molecule has 0 amide bonds. The molecule has 2 heterocycles. The lowest BCUT2D eigenvalue weighted by Gasteiger charge is -2.35. The summed E-state index contributed by atoms with van der Waals surface area (Å²) in [5.41, 5.74) is 16.8. The lowest BCUT2D eigenvalue weighted by atomic mass is 9.67. The zero-order valence-corrected chi connectivity index (χ0v) is 37.8. The highest BCUT2D eigenvalue weighted by molar-refractivity contribution is 7.25. The SMILES string of the molecule is c1ccc(C2(c3ccccc3)c3ccccc3-c3ccc(N(c4ccc(-c5ccc6c(c5)sc5ccccc56)cc4)c4ccc(-c5cccc6oc7c8ccccc8ccc7c56)cc4)cc32)cc1. The van der Waals surface area contributed by atoms with E-state index in [0.717, 1.165) is 55.5 Å². The summed E-state index contributed by atoms with van der Waals surface area (Å²) in [5, 5.41) is 7.21. The number of rotatable bonds is 7. The first kappa shape index (κ1) is 38.7. The molecule has 0 unspecified atom stereocenters. The van der Waals surface area contributed by atoms with Crippen molar-refractivity contribution in [2.45, 2.75) is 5.41 Å². The Hall–Kier alpha value is -8.50. The van der Waals surface area contributed by atoms with E-state index in [0.29, 0.717) is 0 Å². The van der Waals surface area contributed by atoms with Gasteiger partial charge in [-0.3, -0.25) is 0 Å². The van der Waals surface area contributed by atoms with Crippen molar-refractivity contribution in [3.63, 3.8) is 0 Å². The first-order valence-electron chi connectivity index (χ1n) is 23.3. The summed E-state index contributed by atoms with van der Waals surface area (Å²) in [7, 11) is 0. The van der Waals surface area contributed by atoms with E-state index >= 15 is 0 Å². The molecule has 0 N–H and O–H groups in total. The Morgan fingerprint density at radius 1 is 0.353 bits per heavy atom. The van der Waals surface area contributed by atoms with E-state index < -0.39 is 5.41 Å². The maximum Gasteiger partial charge on any atom is 0.143 e. The van der Waals surface area contributed by atoms with E-state index in [4.69, 9.17) is 4.42 Å². The second kappa shape index (κ2) is 15.3. The third-order valence-electron chi connectivity index (χ3n) is 14.4. The Morgan fingerprint density at radius 2 is 0.941 bits per heavy atom. The molecule has 1 aliphatic rings. The zero-order chi connectivity index (χ0) is 44.8. The molecule has 0 saturated heterocycles. The second-order valence-corrected chi connectivity index (χ2v) is 19.0. The summed E-state index contributed by atoms with van der Waals surface area (Å²) >= 11 is 1.86. The van der Waals surface area contributed by atoms with Gasteiger partial charge in [0.15, 0.2) is 0 Å². The third-order valence-corrected chi connectivity index (χ3v) is 15.5. The molecule has 2 nitrogen and oxygen atoms in total. The van der Waals surface area contributed by atoms with Gasteiger partial charge in [-0.05, 0) is 122 Å². The predicted octanol–water partition coefficient (Wildman–Crippen LogP) is 18.3. The van der Waals surface area contributed by atoms with Gasteiger partial charge in [0.05, 0.1) is 5.41 Å². The van der Waals surface area contributed by atoms with Crippen LogP contribution in [0.1, 0.15) is 22.3 Å². The van der Waals surface area contributed by atoms with Crippen LogP contribution in [0.3, 0.4) is 0 Å². The average molecular weight is 884 g/mol. The first-order valence-corrected chi connectivity index (χ1v) is 24.1. The van der Waals surface area contributed by atoms with Gasteiger partial charge in [-0.1, -0.05) is 188 Å². The summed E-state index contributed by atoms with van der Waals surface area (Å²) in [5.74, 6) is 0. The summed E-state index contributed by atoms with van der Waals surface area (Å²) in [6.45, 7) is 0. The lowest BCUT2D eigenvalue weighted by molar-refractivity contribution is 0.673. The fourth-order valence-corrected chi connectivity index (χ4v) is 12.5. The quantitative estimate of drug-likeness (QED) is 0.159. The van der Waals surface area contributed by atoms with Gasteiger partial charge in [0, 0.05) is 53.4 Å². The fourth-order valence-electron chi connectivity index (χ4n) is 11.3. The Morgan fingerprint density at radius 3 is 1.72 bits per heavy atom. The van der Waals surface area contributed by atoms with Crippen molar-refractivity contribution in [3.05, 3.63) is 271 Å². The molecular formula is C65H41NOS. The Kier molecular flexibility index (Phi) is 8.71. The van der Waals surface area contributed by atoms with E-state index in [9.17, 15) is 0 Å². The second-order valence-electron chi connectivity index (χ2n) is 17.9. The molecule has 318 valence electrons. The van der Waals surface area contributed by atoms with Gasteiger partial charge >= 0.3 is 0 Å². The van der Waals surface area contributed by atoms with Gasteiger partial charge in [0.1, 0.15) is 11.2 Å². The maximum absolute atomic E-state index is 6.61. The number of hydrogen-bond acceptors (Lipinski definition) is 3. The fraction of sp³-hybridized carbons (Fsp3) is 0.0154. The standard InChI is InChI=1S/C65H41NOS/c1-3-15-46(16-4-1)65(47-17-5-2-6-18-47)58-23-11-9-20-53(58)54-39-36-50(41-59(54)65)66(48-32-26-42(27-33-48)45-31-37-56-55-21-10-12-25-61(55)68-62(56)40-45)49-34-28-44(29-35-49)51-22-13-24-60-63(51)57-38-30-43-14-7-8-19-52(43)64(57)67-60/h1-41H. The van der Waals surface area contributed by atoms with Gasteiger partial charge in [-0.15, -0.1) is 11.3 Å². The van der Waals surface area contributed by atoms with Crippen molar-refractivity contribution in [2.75, 3.05) is 4.90 Å². The highest BCUT2D eigenvalue weighted by atomic mass is 32.1. The summed E-state index contributed by atoms with van der Waals surface area (Å²) in [6.07, 6.45) is 0. The third kappa shape index (κ3) is 5.83. The number of hydrogen-bond donors (Lipinski definition) is 0. The summed E-state index contributed by atoms with van der Waals surface area (Å²) in [6, 6.07) is 91.3. The summed E-state index contributed by atoms with van der Waals surface area (Å²) in [4.78, 5) is 2.42. The highest BCUT2D eigenvalue weighted by Crippen LogP contribution is 2.57. The number of furan rings is 1. The minimum absolute atomic E-state index is 0.521. The maximum atomic E-state index is 6.61. The highest BCUT2D eigenvalue weighted by Gasteiger charge is 2.46. The minimum atomic E-state index is -0.521. The lowest BCUT2D eigenvalue weighted by Crippen LogP contribution is -2.28. The van der Waals surface area contributed by atoms with Crippen molar-refractivity contribution in [1.82, 2.24) is 0 Å². The molecule has 0 aliphatic heterocycles. The zero-order valence-electron chi connectivity index (χ0n) is 36.9. The number of benzene rings is 11. The molecule has 0 fully saturated rings. The molecule has 0 saturated carbocycles. The Labute approximate surface area is 398 Å². The normalized spacial score (nSPS) is 12.8. The number of anilines is 3. The smallest absolute Gasteiger partial charge is 0.143 e. The van der Waals surface area contributed by atoms with Crippen molar-refractivity contribution < 1.29 is 4.42 Å². The van der Waals surface area contributed by atoms with Crippen LogP contribution < -0.4 is 4.90 Å². The predicted molar refractivity (Wildman–Crippen MR) is 287 cm³/mol. The van der Waals surface area contributed by atoms with Gasteiger partial charge in [0.25, 0.3) is 0 Å². The van der Waals surface area contributed by atoms with Gasteiger partial charge in [-0.25, -0.2) is 0 Å². The van der Waals surface area contributed by atoms with E-state index in [-0.39, 0.29) is 0 Å². The van der Waals surface area contributed by atoms with E-state index in [1.807, 2.05) is 11.3 Å². The monoisotopic (exact) mass is 883 g/mol. The number of nitrogens with zero attached hydrogens (tertiary/aromatic N) is 1. The molecule has 11 aromatic carbocycles. The van der Waals surface area contributed by atoms with Crippen LogP contribution in [0.4, 0.5) is 17.1 Å². The molecular weight excluding hydrogens is 843 g/mol. The van der Waals surface area contributed by atoms with Crippen LogP contribution in [0, 0.1) is 0 Å². The Balaban J connectivity index is 0.937. The molecule has 1 aliphatic carbocycles. The van der Waals surface area contributed by atoms with Crippen molar-refractivity contribution >= 4 is 81.3 Å². The van der Waals surface area contributed by atoms with E-state index in [2.05, 4.69) is 254 Å². The topological polar surface area (TPSA) is 16.4 Å². The summed E-state index contributed by atoms with van der Waals surface area (Å²) < 4.78 is 9.24. The Bertz CT molecular complexity index is 4030. The van der Waals surface area contributed by atoms with Crippen LogP contribution in [0.15, 0.2) is 253 Å². The van der Waals surface area contributed by atoms with Crippen LogP contribution in [-0.4, -0.2) is 0 Å². The molecule has 3 heteroatoms. The van der Waals surface area contributed by atoms with Crippen molar-refractivity contribution in [3.8, 4) is 33.4 Å². The van der Waals surface area contributed by atoms with Gasteiger partial charge < -0.3 is 9.32 Å². The van der Waals surface area contributed by atoms with Crippen molar-refractivity contribution in [2.24, 2.45) is 0 Å². The van der Waals surface area contributed by atoms with Crippen LogP contribution in [-0.2, 0) is 5.41 Å². The minimum Gasteiger partial charge on any atom is -0.455 e. The van der Waals surface area contributed by atoms with Gasteiger partial charge in [0.2, 0.25) is 0 Å². The molecule has 0 bridgehead atoms. The van der Waals surface area contributed by atoms with Crippen LogP contribution >= 0.6 is 11.3 Å². The number of thiophene rings is 1. The van der Waals surface area contributed by atoms with Gasteiger partial charge in [-0.2, -0.15) is 0 Å². The average Bonchev–Trinajstić information content (AvgIpc) is 4.08. The first-order chi connectivity index (χ1) is 33.7. The number of fused-ring (bicyclic) bond motifs is 11. The molecule has 2 aromatic heterocycles. The van der Waals surface area contributed by atoms with Crippen LogP contribution in [0.5, 0.6) is 0 Å². The van der Waals surface area contributed by atoms with E-state index in [1.54, 1.807) is 0 Å². The largest absolute Gasteiger partial charge is 0.455 e. The molecule has 68 heavy (non-hydrogen) atoms. The van der Waals surface area contributed by atoms with Crippen LogP contribution in [0.2, 0.25) is 0 Å². The molecule has 0 spiro atoms.